The summed E-state index contributed by atoms with van der Waals surface area (Å²) in [7, 11) is 0. The molecule has 6 nitrogen and oxygen atoms in total. The average Bonchev–Trinajstić information content (AvgIpc) is 3.38. The van der Waals surface area contributed by atoms with Gasteiger partial charge in [0.2, 0.25) is 0 Å². The second-order valence-corrected chi connectivity index (χ2v) is 8.62. The van der Waals surface area contributed by atoms with Crippen molar-refractivity contribution in [2.75, 3.05) is 5.32 Å². The number of alkyl halides is 3. The maximum atomic E-state index is 15.1. The summed E-state index contributed by atoms with van der Waals surface area (Å²) in [5.74, 6) is -0.384. The summed E-state index contributed by atoms with van der Waals surface area (Å²) in [5.41, 5.74) is -0.165. The lowest BCUT2D eigenvalue weighted by atomic mass is 9.95. The molecule has 5 rings (SSSR count). The highest BCUT2D eigenvalue weighted by atomic mass is 19.4. The average molecular weight is 471 g/mol. The van der Waals surface area contributed by atoms with Crippen LogP contribution in [0.15, 0.2) is 48.9 Å². The minimum Gasteiger partial charge on any atom is -0.365 e. The third-order valence-electron chi connectivity index (χ3n) is 6.55. The van der Waals surface area contributed by atoms with E-state index in [4.69, 9.17) is 0 Å². The Morgan fingerprint density at radius 3 is 2.53 bits per heavy atom. The van der Waals surface area contributed by atoms with Crippen molar-refractivity contribution in [3.05, 3.63) is 71.4 Å². The molecular weight excluding hydrogens is 450 g/mol. The van der Waals surface area contributed by atoms with E-state index in [2.05, 4.69) is 20.3 Å². The Bertz CT molecular complexity index is 1220. The number of hydrogen-bond donors (Lipinski definition) is 1. The van der Waals surface area contributed by atoms with Crippen LogP contribution < -0.4 is 5.32 Å². The summed E-state index contributed by atoms with van der Waals surface area (Å²) in [6, 6.07) is 6.64. The highest BCUT2D eigenvalue weighted by molar-refractivity contribution is 6.01. The van der Waals surface area contributed by atoms with Gasteiger partial charge in [0, 0.05) is 30.7 Å². The van der Waals surface area contributed by atoms with Crippen molar-refractivity contribution < 1.29 is 22.4 Å². The van der Waals surface area contributed by atoms with Gasteiger partial charge in [-0.3, -0.25) is 4.79 Å². The van der Waals surface area contributed by atoms with E-state index in [1.54, 1.807) is 30.0 Å². The molecule has 34 heavy (non-hydrogen) atoms. The predicted molar refractivity (Wildman–Crippen MR) is 116 cm³/mol. The Hall–Kier alpha value is -3.56. The summed E-state index contributed by atoms with van der Waals surface area (Å²) in [6.45, 7) is 1.62. The first kappa shape index (κ1) is 22.2. The number of benzene rings is 1. The highest BCUT2D eigenvalue weighted by Gasteiger charge is 2.49. The number of fused-ring (bicyclic) bond motifs is 2. The van der Waals surface area contributed by atoms with Gasteiger partial charge in [0.1, 0.15) is 11.6 Å². The van der Waals surface area contributed by atoms with Gasteiger partial charge in [0.25, 0.3) is 5.91 Å². The number of halogens is 4. The molecule has 3 aromatic rings. The topological polar surface area (TPSA) is 71.0 Å². The molecule has 10 heteroatoms. The summed E-state index contributed by atoms with van der Waals surface area (Å²) in [6.07, 6.45) is 1.50. The summed E-state index contributed by atoms with van der Waals surface area (Å²) < 4.78 is 53.6. The molecule has 1 N–H and O–H groups in total. The number of carbonyl (C=O) groups excluding carboxylic acids is 1. The maximum absolute atomic E-state index is 15.1. The number of aryl methyl sites for hydroxylation is 1. The zero-order valence-corrected chi connectivity index (χ0v) is 18.2. The fourth-order valence-corrected chi connectivity index (χ4v) is 4.94. The number of aromatic nitrogens is 3. The Labute approximate surface area is 193 Å². The molecule has 3 atom stereocenters. The van der Waals surface area contributed by atoms with Crippen molar-refractivity contribution in [1.82, 2.24) is 19.9 Å². The first-order valence-corrected chi connectivity index (χ1v) is 10.9. The lowest BCUT2D eigenvalue weighted by molar-refractivity contribution is -0.137. The Morgan fingerprint density at radius 2 is 1.85 bits per heavy atom. The Morgan fingerprint density at radius 1 is 1.09 bits per heavy atom. The van der Waals surface area contributed by atoms with Gasteiger partial charge in [0.05, 0.1) is 22.7 Å². The Kier molecular flexibility index (Phi) is 5.45. The van der Waals surface area contributed by atoms with Crippen LogP contribution in [-0.4, -0.2) is 43.9 Å². The zero-order valence-electron chi connectivity index (χ0n) is 18.2. The van der Waals surface area contributed by atoms with Crippen LogP contribution in [-0.2, 0) is 6.18 Å². The lowest BCUT2D eigenvalue weighted by Gasteiger charge is -2.26. The van der Waals surface area contributed by atoms with E-state index in [0.717, 1.165) is 25.1 Å². The van der Waals surface area contributed by atoms with Crippen LogP contribution in [0.25, 0.3) is 11.4 Å². The van der Waals surface area contributed by atoms with Crippen molar-refractivity contribution in [2.45, 2.75) is 50.5 Å². The fraction of sp³-hybridized carbons (Fsp3) is 0.333. The number of rotatable bonds is 4. The van der Waals surface area contributed by atoms with Gasteiger partial charge in [-0.2, -0.15) is 13.2 Å². The predicted octanol–water partition coefficient (Wildman–Crippen LogP) is 4.86. The maximum Gasteiger partial charge on any atom is 0.417 e. The van der Waals surface area contributed by atoms with E-state index < -0.39 is 17.6 Å². The molecule has 0 aliphatic carbocycles. The number of nitrogens with zero attached hydrogens (tertiary/aromatic N) is 4. The molecule has 0 saturated carbocycles. The van der Waals surface area contributed by atoms with Gasteiger partial charge in [0.15, 0.2) is 5.82 Å². The van der Waals surface area contributed by atoms with Crippen LogP contribution in [0.1, 0.15) is 40.7 Å². The zero-order chi connectivity index (χ0) is 24.0. The quantitative estimate of drug-likeness (QED) is 0.551. The van der Waals surface area contributed by atoms with Gasteiger partial charge in [-0.25, -0.2) is 19.3 Å². The third-order valence-corrected chi connectivity index (χ3v) is 6.55. The number of pyridine rings is 1. The van der Waals surface area contributed by atoms with E-state index in [9.17, 15) is 18.0 Å². The molecule has 2 saturated heterocycles. The van der Waals surface area contributed by atoms with Gasteiger partial charge in [-0.15, -0.1) is 0 Å². The standard InChI is InChI=1S/C24H21F4N5O/c1-13-3-6-16(20(21(13)25)22-29-9-2-10-30-22)23(34)33-15-5-7-18(33)17(11-15)32-19-8-4-14(12-31-19)24(26,27)28/h2-4,6,8-10,12,15,17-18H,5,7,11H2,1H3,(H,31,32). The molecular formula is C24H21F4N5O. The summed E-state index contributed by atoms with van der Waals surface area (Å²) >= 11 is 0. The van der Waals surface area contributed by atoms with Crippen molar-refractivity contribution in [3.8, 4) is 11.4 Å². The fourth-order valence-electron chi connectivity index (χ4n) is 4.94. The van der Waals surface area contributed by atoms with Crippen LogP contribution in [0.5, 0.6) is 0 Å². The van der Waals surface area contributed by atoms with Crippen LogP contribution in [0.3, 0.4) is 0 Å². The molecule has 1 amide bonds. The molecule has 4 heterocycles. The van der Waals surface area contributed by atoms with Crippen LogP contribution in [0.2, 0.25) is 0 Å². The molecule has 0 radical (unpaired) electrons. The van der Waals surface area contributed by atoms with Crippen molar-refractivity contribution in [3.63, 3.8) is 0 Å². The molecule has 2 fully saturated rings. The molecule has 2 aliphatic heterocycles. The van der Waals surface area contributed by atoms with E-state index in [0.29, 0.717) is 17.8 Å². The number of carbonyl (C=O) groups is 1. The van der Waals surface area contributed by atoms with E-state index >= 15 is 4.39 Å². The second-order valence-electron chi connectivity index (χ2n) is 8.62. The highest BCUT2D eigenvalue weighted by Crippen LogP contribution is 2.41. The normalized spacial score (nSPS) is 21.7. The monoisotopic (exact) mass is 471 g/mol. The van der Waals surface area contributed by atoms with Gasteiger partial charge < -0.3 is 10.2 Å². The third kappa shape index (κ3) is 3.86. The summed E-state index contributed by atoms with van der Waals surface area (Å²) in [4.78, 5) is 27.6. The molecule has 2 bridgehead atoms. The molecule has 3 unspecified atom stereocenters. The SMILES string of the molecule is Cc1ccc(C(=O)N2C3CCC2C(Nc2ccc(C(F)(F)F)cn2)C3)c(-c2ncccn2)c1F. The number of amides is 1. The van der Waals surface area contributed by atoms with Gasteiger partial charge in [-0.05, 0) is 56.0 Å². The van der Waals surface area contributed by atoms with E-state index in [-0.39, 0.29) is 41.0 Å². The second kappa shape index (κ2) is 8.34. The molecule has 1 aromatic carbocycles. The molecule has 176 valence electrons. The van der Waals surface area contributed by atoms with Gasteiger partial charge >= 0.3 is 6.18 Å². The molecule has 0 spiro atoms. The van der Waals surface area contributed by atoms with Crippen molar-refractivity contribution in [1.29, 1.82) is 0 Å². The summed E-state index contributed by atoms with van der Waals surface area (Å²) in [5, 5.41) is 3.18. The number of anilines is 1. The van der Waals surface area contributed by atoms with Crippen molar-refractivity contribution in [2.24, 2.45) is 0 Å². The lowest BCUT2D eigenvalue weighted by Crippen LogP contribution is -2.40. The van der Waals surface area contributed by atoms with Crippen molar-refractivity contribution >= 4 is 11.7 Å². The number of nitrogens with one attached hydrogen (secondary N) is 1. The van der Waals surface area contributed by atoms with Crippen LogP contribution >= 0.6 is 0 Å². The van der Waals surface area contributed by atoms with Gasteiger partial charge in [-0.1, -0.05) is 6.07 Å². The molecule has 2 aromatic heterocycles. The van der Waals surface area contributed by atoms with Crippen LogP contribution in [0.4, 0.5) is 23.4 Å². The first-order chi connectivity index (χ1) is 16.2. The van der Waals surface area contributed by atoms with Crippen LogP contribution in [0, 0.1) is 12.7 Å². The Balaban J connectivity index is 1.41. The number of hydrogen-bond acceptors (Lipinski definition) is 5. The largest absolute Gasteiger partial charge is 0.417 e. The van der Waals surface area contributed by atoms with E-state index in [1.165, 1.54) is 18.5 Å². The first-order valence-electron chi connectivity index (χ1n) is 10.9. The minimum atomic E-state index is -4.45. The molecule has 2 aliphatic rings. The van der Waals surface area contributed by atoms with E-state index in [1.807, 2.05) is 0 Å². The minimum absolute atomic E-state index is 0.0571. The smallest absolute Gasteiger partial charge is 0.365 e.